The second kappa shape index (κ2) is 5.17. The molecule has 4 N–H and O–H groups in total. The van der Waals surface area contributed by atoms with Crippen molar-refractivity contribution in [1.82, 2.24) is 15.4 Å². The number of benzene rings is 1. The molecule has 0 bridgehead atoms. The smallest absolute Gasteiger partial charge is 0.271 e. The maximum absolute atomic E-state index is 11.3. The third-order valence-electron chi connectivity index (χ3n) is 2.40. The number of primary amides is 1. The zero-order chi connectivity index (χ0) is 14.2. The van der Waals surface area contributed by atoms with Gasteiger partial charge < -0.3 is 15.6 Å². The average Bonchev–Trinajstić information content (AvgIpc) is 2.83. The third kappa shape index (κ3) is 2.30. The summed E-state index contributed by atoms with van der Waals surface area (Å²) in [5.41, 5.74) is 5.52. The monoisotopic (exact) mass is 390 g/mol. The minimum absolute atomic E-state index is 0.0730. The van der Waals surface area contributed by atoms with E-state index in [9.17, 15) is 9.90 Å². The fourth-order valence-electron chi connectivity index (χ4n) is 1.54. The van der Waals surface area contributed by atoms with Gasteiger partial charge >= 0.3 is 0 Å². The molecule has 1 heterocycles. The summed E-state index contributed by atoms with van der Waals surface area (Å²) in [7, 11) is 1.41. The van der Waals surface area contributed by atoms with Crippen molar-refractivity contribution in [2.24, 2.45) is 5.73 Å². The van der Waals surface area contributed by atoms with Crippen molar-refractivity contribution in [2.45, 2.75) is 0 Å². The van der Waals surface area contributed by atoms with Gasteiger partial charge in [0.2, 0.25) is 0 Å². The number of methoxy groups -OCH3 is 1. The number of hydrogen-bond donors (Lipinski definition) is 3. The fraction of sp³-hybridized carbons (Fsp3) is 0.100. The van der Waals surface area contributed by atoms with Crippen LogP contribution in [0.25, 0.3) is 11.3 Å². The summed E-state index contributed by atoms with van der Waals surface area (Å²) in [6.45, 7) is 0. The maximum Gasteiger partial charge on any atom is 0.271 e. The van der Waals surface area contributed by atoms with Crippen LogP contribution in [0, 0.1) is 0 Å². The van der Waals surface area contributed by atoms with E-state index in [4.69, 9.17) is 10.5 Å². The predicted octanol–water partition coefficient (Wildman–Crippen LogP) is 1.81. The number of ether oxygens (including phenoxy) is 1. The Hall–Kier alpha value is -1.61. The Labute approximate surface area is 124 Å². The van der Waals surface area contributed by atoms with Gasteiger partial charge in [0.1, 0.15) is 5.69 Å². The summed E-state index contributed by atoms with van der Waals surface area (Å²) in [5.74, 6) is -0.702. The molecular weight excluding hydrogens is 384 g/mol. The highest BCUT2D eigenvalue weighted by molar-refractivity contribution is 9.13. The van der Waals surface area contributed by atoms with Gasteiger partial charge in [-0.05, 0) is 37.9 Å². The molecular formula is C10H8Br2N4O3. The summed E-state index contributed by atoms with van der Waals surface area (Å²) in [4.78, 5) is 11.3. The Morgan fingerprint density at radius 2 is 2.16 bits per heavy atom. The molecule has 0 aliphatic heterocycles. The lowest BCUT2D eigenvalue weighted by atomic mass is 10.1. The molecule has 0 spiro atoms. The van der Waals surface area contributed by atoms with Crippen LogP contribution < -0.4 is 10.5 Å². The van der Waals surface area contributed by atoms with Crippen molar-refractivity contribution in [2.75, 3.05) is 7.11 Å². The average molecular weight is 392 g/mol. The molecule has 1 aromatic heterocycles. The van der Waals surface area contributed by atoms with Crippen LogP contribution in [-0.2, 0) is 0 Å². The zero-order valence-corrected chi connectivity index (χ0v) is 12.7. The number of carbonyl (C=O) groups excluding carboxylic acids is 1. The molecule has 0 unspecified atom stereocenters. The summed E-state index contributed by atoms with van der Waals surface area (Å²) in [6, 6.07) is 1.58. The third-order valence-corrected chi connectivity index (χ3v) is 4.38. The Kier molecular flexibility index (Phi) is 3.76. The molecule has 7 nitrogen and oxygen atoms in total. The summed E-state index contributed by atoms with van der Waals surface area (Å²) < 4.78 is 6.17. The van der Waals surface area contributed by atoms with Gasteiger partial charge in [0.05, 0.1) is 12.7 Å². The van der Waals surface area contributed by atoms with E-state index in [1.807, 2.05) is 0 Å². The number of nitrogens with one attached hydrogen (secondary N) is 1. The highest BCUT2D eigenvalue weighted by atomic mass is 79.9. The van der Waals surface area contributed by atoms with E-state index in [2.05, 4.69) is 47.3 Å². The van der Waals surface area contributed by atoms with E-state index < -0.39 is 5.91 Å². The molecule has 0 saturated carbocycles. The Balaban J connectivity index is 2.78. The maximum atomic E-state index is 11.3. The second-order valence-electron chi connectivity index (χ2n) is 3.48. The van der Waals surface area contributed by atoms with Crippen LogP contribution in [0.4, 0.5) is 0 Å². The van der Waals surface area contributed by atoms with Crippen LogP contribution in [0.2, 0.25) is 0 Å². The number of phenolic OH excluding ortho intramolecular Hbond substituents is 1. The molecule has 0 radical (unpaired) electrons. The van der Waals surface area contributed by atoms with Gasteiger partial charge in [0.25, 0.3) is 5.91 Å². The lowest BCUT2D eigenvalue weighted by Gasteiger charge is -2.11. The Morgan fingerprint density at radius 3 is 2.74 bits per heavy atom. The number of rotatable bonds is 3. The molecule has 9 heteroatoms. The van der Waals surface area contributed by atoms with E-state index in [1.165, 1.54) is 7.11 Å². The van der Waals surface area contributed by atoms with Gasteiger partial charge in [0.15, 0.2) is 17.2 Å². The Bertz CT molecular complexity index is 656. The van der Waals surface area contributed by atoms with Crippen LogP contribution in [0.3, 0.4) is 0 Å². The van der Waals surface area contributed by atoms with Gasteiger partial charge in [-0.15, -0.1) is 0 Å². The number of hydrogen-bond acceptors (Lipinski definition) is 5. The Morgan fingerprint density at radius 1 is 1.47 bits per heavy atom. The van der Waals surface area contributed by atoms with Crippen molar-refractivity contribution in [3.63, 3.8) is 0 Å². The number of nitrogens with two attached hydrogens (primary N) is 1. The van der Waals surface area contributed by atoms with Crippen molar-refractivity contribution < 1.29 is 14.6 Å². The quantitative estimate of drug-likeness (QED) is 0.738. The first-order valence-electron chi connectivity index (χ1n) is 4.93. The molecule has 0 aliphatic rings. The molecule has 2 aromatic rings. The number of phenols is 1. The molecule has 2 rings (SSSR count). The topological polar surface area (TPSA) is 114 Å². The van der Waals surface area contributed by atoms with Crippen molar-refractivity contribution >= 4 is 37.8 Å². The van der Waals surface area contributed by atoms with Crippen molar-refractivity contribution in [3.05, 3.63) is 20.7 Å². The van der Waals surface area contributed by atoms with E-state index in [1.54, 1.807) is 6.07 Å². The standard InChI is InChI=1S/C10H8Br2N4O3/c1-19-4-2-3(11)6(12)5(9(4)17)7-8(10(13)18)15-16-14-7/h2,17H,1H3,(H2,13,18)(H,14,15,16). The summed E-state index contributed by atoms with van der Waals surface area (Å²) in [6.07, 6.45) is 0. The van der Waals surface area contributed by atoms with E-state index in [0.717, 1.165) is 0 Å². The first-order valence-corrected chi connectivity index (χ1v) is 6.51. The normalized spacial score (nSPS) is 10.5. The number of halogens is 2. The molecule has 100 valence electrons. The first kappa shape index (κ1) is 13.8. The number of amides is 1. The van der Waals surface area contributed by atoms with Crippen LogP contribution in [0.15, 0.2) is 15.0 Å². The van der Waals surface area contributed by atoms with Gasteiger partial charge in [-0.3, -0.25) is 4.79 Å². The zero-order valence-electron chi connectivity index (χ0n) is 9.57. The number of aromatic nitrogens is 3. The summed E-state index contributed by atoms with van der Waals surface area (Å²) >= 11 is 6.61. The van der Waals surface area contributed by atoms with Gasteiger partial charge in [-0.1, -0.05) is 0 Å². The van der Waals surface area contributed by atoms with E-state index >= 15 is 0 Å². The minimum Gasteiger partial charge on any atom is -0.504 e. The van der Waals surface area contributed by atoms with Crippen molar-refractivity contribution in [1.29, 1.82) is 0 Å². The predicted molar refractivity (Wildman–Crippen MR) is 74.0 cm³/mol. The van der Waals surface area contributed by atoms with Crippen LogP contribution >= 0.6 is 31.9 Å². The van der Waals surface area contributed by atoms with Gasteiger partial charge in [-0.25, -0.2) is 0 Å². The SMILES string of the molecule is COc1cc(Br)c(Br)c(-c2n[nH]nc2C(N)=O)c1O. The first-order chi connectivity index (χ1) is 8.97. The number of H-pyrrole nitrogens is 1. The van der Waals surface area contributed by atoms with Gasteiger partial charge in [-0.2, -0.15) is 15.4 Å². The molecule has 1 amide bonds. The largest absolute Gasteiger partial charge is 0.504 e. The lowest BCUT2D eigenvalue weighted by molar-refractivity contribution is 0.0996. The minimum atomic E-state index is -0.756. The van der Waals surface area contributed by atoms with Crippen LogP contribution in [0.1, 0.15) is 10.5 Å². The molecule has 0 saturated heterocycles. The molecule has 0 atom stereocenters. The molecule has 0 aliphatic carbocycles. The second-order valence-corrected chi connectivity index (χ2v) is 5.13. The molecule has 19 heavy (non-hydrogen) atoms. The van der Waals surface area contributed by atoms with E-state index in [-0.39, 0.29) is 28.5 Å². The fourth-order valence-corrected chi connectivity index (χ4v) is 2.44. The molecule has 0 fully saturated rings. The number of aromatic amines is 1. The van der Waals surface area contributed by atoms with Crippen LogP contribution in [-0.4, -0.2) is 33.5 Å². The highest BCUT2D eigenvalue weighted by Gasteiger charge is 2.24. The van der Waals surface area contributed by atoms with E-state index in [0.29, 0.717) is 8.95 Å². The van der Waals surface area contributed by atoms with Crippen LogP contribution in [0.5, 0.6) is 11.5 Å². The lowest BCUT2D eigenvalue weighted by Crippen LogP contribution is -2.13. The highest BCUT2D eigenvalue weighted by Crippen LogP contribution is 2.46. The molecule has 1 aromatic carbocycles. The number of carbonyl (C=O) groups is 1. The number of nitrogens with zero attached hydrogens (tertiary/aromatic N) is 2. The summed E-state index contributed by atoms with van der Waals surface area (Å²) in [5, 5.41) is 20.0. The van der Waals surface area contributed by atoms with Gasteiger partial charge in [0, 0.05) is 8.95 Å². The van der Waals surface area contributed by atoms with Crippen molar-refractivity contribution in [3.8, 4) is 22.8 Å². The number of aromatic hydroxyl groups is 1.